The van der Waals surface area contributed by atoms with Crippen LogP contribution in [0.5, 0.6) is 0 Å². The summed E-state index contributed by atoms with van der Waals surface area (Å²) < 4.78 is 0. The van der Waals surface area contributed by atoms with Gasteiger partial charge in [0.05, 0.1) is 5.97 Å². The third-order valence-electron chi connectivity index (χ3n) is 5.48. The fourth-order valence-electron chi connectivity index (χ4n) is 4.44. The van der Waals surface area contributed by atoms with Gasteiger partial charge in [0, 0.05) is 23.2 Å². The average Bonchev–Trinajstić information content (AvgIpc) is 3.04. The molecule has 0 saturated heterocycles. The first kappa shape index (κ1) is 13.6. The molecule has 0 spiro atoms. The van der Waals surface area contributed by atoms with Crippen LogP contribution >= 0.6 is 0 Å². The average molecular weight is 294 g/mol. The van der Waals surface area contributed by atoms with Crippen LogP contribution in [0.2, 0.25) is 0 Å². The molecule has 1 N–H and O–H groups in total. The van der Waals surface area contributed by atoms with Crippen LogP contribution in [-0.4, -0.2) is 12.0 Å². The number of carboxylic acids is 1. The number of allylic oxidation sites excluding steroid dienone is 4. The molecule has 0 aromatic heterocycles. The Labute approximate surface area is 130 Å². The summed E-state index contributed by atoms with van der Waals surface area (Å²) in [5, 5.41) is 15.1. The van der Waals surface area contributed by atoms with Crippen molar-refractivity contribution in [3.8, 4) is 0 Å². The van der Waals surface area contributed by atoms with Crippen molar-refractivity contribution in [3.63, 3.8) is 0 Å². The molecule has 0 amide bonds. The summed E-state index contributed by atoms with van der Waals surface area (Å²) >= 11 is 0. The molecule has 0 unspecified atom stereocenters. The number of carbonyl (C=O) groups is 1. The van der Waals surface area contributed by atoms with E-state index in [2.05, 4.69) is 35.7 Å². The molecule has 22 heavy (non-hydrogen) atoms. The number of fused-ring (bicyclic) bond motifs is 3. The van der Waals surface area contributed by atoms with Gasteiger partial charge in [-0.15, -0.1) is 0 Å². The number of hydrogen-bond acceptors (Lipinski definition) is 3. The lowest BCUT2D eigenvalue weighted by Gasteiger charge is -2.42. The van der Waals surface area contributed by atoms with Gasteiger partial charge in [0.25, 0.3) is 0 Å². The van der Waals surface area contributed by atoms with Gasteiger partial charge in [-0.1, -0.05) is 42.5 Å². The van der Waals surface area contributed by atoms with E-state index in [1.165, 1.54) is 6.42 Å². The van der Waals surface area contributed by atoms with E-state index in [1.807, 2.05) is 6.07 Å². The van der Waals surface area contributed by atoms with Crippen molar-refractivity contribution >= 4 is 11.7 Å². The molecule has 0 saturated carbocycles. The van der Waals surface area contributed by atoms with Crippen molar-refractivity contribution in [2.45, 2.75) is 37.6 Å². The molecule has 1 aromatic rings. The normalized spacial score (nSPS) is 32.2. The molecule has 114 valence electrons. The Morgan fingerprint density at radius 3 is 2.86 bits per heavy atom. The van der Waals surface area contributed by atoms with Gasteiger partial charge in [0.15, 0.2) is 0 Å². The van der Waals surface area contributed by atoms with Gasteiger partial charge in [-0.25, -0.2) is 0 Å². The van der Waals surface area contributed by atoms with Crippen LogP contribution in [0.1, 0.15) is 47.5 Å². The molecular weight excluding hydrogens is 274 g/mol. The number of carbonyl (C=O) groups excluding carboxylic acids is 1. The maximum atomic E-state index is 11.5. The highest BCUT2D eigenvalue weighted by Crippen LogP contribution is 2.48. The van der Waals surface area contributed by atoms with E-state index < -0.39 is 5.97 Å². The number of hydrogen-bond donors (Lipinski definition) is 1. The molecule has 3 nitrogen and oxygen atoms in total. The second-order valence-corrected chi connectivity index (χ2v) is 6.63. The van der Waals surface area contributed by atoms with E-state index in [0.29, 0.717) is 29.4 Å². The minimum atomic E-state index is -1.09. The highest BCUT2D eigenvalue weighted by molar-refractivity contribution is 5.94. The highest BCUT2D eigenvalue weighted by Gasteiger charge is 2.41. The van der Waals surface area contributed by atoms with Crippen molar-refractivity contribution in [1.82, 2.24) is 0 Å². The summed E-state index contributed by atoms with van der Waals surface area (Å²) in [7, 11) is 0. The van der Waals surface area contributed by atoms with Crippen LogP contribution in [0, 0.1) is 11.8 Å². The summed E-state index contributed by atoms with van der Waals surface area (Å²) in [6, 6.07) is 5.88. The summed E-state index contributed by atoms with van der Waals surface area (Å²) in [6.45, 7) is 0. The molecule has 0 radical (unpaired) electrons. The van der Waals surface area contributed by atoms with Gasteiger partial charge in [-0.05, 0) is 43.1 Å². The lowest BCUT2D eigenvalue weighted by atomic mass is 9.71. The van der Waals surface area contributed by atoms with Gasteiger partial charge in [0.2, 0.25) is 0 Å². The Hall–Kier alpha value is -2.03. The minimum absolute atomic E-state index is 0.299. The summed E-state index contributed by atoms with van der Waals surface area (Å²) in [6.07, 6.45) is 13.5. The molecule has 1 aliphatic heterocycles. The fraction of sp³-hybridized carbons (Fsp3) is 0.421. The van der Waals surface area contributed by atoms with E-state index in [4.69, 9.17) is 0 Å². The Kier molecular flexibility index (Phi) is 3.29. The van der Waals surface area contributed by atoms with Crippen LogP contribution in [0.25, 0.3) is 0 Å². The Bertz CT molecular complexity index is 661. The number of rotatable bonds is 2. The van der Waals surface area contributed by atoms with Gasteiger partial charge in [-0.3, -0.25) is 0 Å². The van der Waals surface area contributed by atoms with Gasteiger partial charge >= 0.3 is 0 Å². The number of para-hydroxylation sites is 1. The van der Waals surface area contributed by atoms with Crippen LogP contribution in [-0.2, 0) is 0 Å². The molecule has 4 rings (SSSR count). The number of aromatic carboxylic acids is 1. The molecule has 0 bridgehead atoms. The molecular formula is C19H20NO2-. The Balaban J connectivity index is 1.76. The van der Waals surface area contributed by atoms with Crippen molar-refractivity contribution in [2.24, 2.45) is 11.8 Å². The van der Waals surface area contributed by atoms with Crippen molar-refractivity contribution in [3.05, 3.63) is 53.6 Å². The fourth-order valence-corrected chi connectivity index (χ4v) is 4.44. The third kappa shape index (κ3) is 2.07. The second kappa shape index (κ2) is 5.31. The Morgan fingerprint density at radius 2 is 2.09 bits per heavy atom. The monoisotopic (exact) mass is 294 g/mol. The SMILES string of the molecule is O=C([O-])c1cccc2c1N[C@H]([C@H]1CC=CCC1)[C@H]1CC=C[C@@H]21. The molecule has 1 heterocycles. The molecule has 1 aromatic carbocycles. The predicted molar refractivity (Wildman–Crippen MR) is 84.7 cm³/mol. The first-order valence-electron chi connectivity index (χ1n) is 8.18. The molecule has 0 fully saturated rings. The van der Waals surface area contributed by atoms with Crippen molar-refractivity contribution in [1.29, 1.82) is 0 Å². The lowest BCUT2D eigenvalue weighted by molar-refractivity contribution is -0.254. The first-order valence-corrected chi connectivity index (χ1v) is 8.18. The quantitative estimate of drug-likeness (QED) is 0.853. The van der Waals surface area contributed by atoms with Gasteiger partial charge < -0.3 is 15.2 Å². The van der Waals surface area contributed by atoms with Crippen molar-refractivity contribution < 1.29 is 9.90 Å². The van der Waals surface area contributed by atoms with E-state index in [9.17, 15) is 9.90 Å². The van der Waals surface area contributed by atoms with E-state index in [1.54, 1.807) is 6.07 Å². The van der Waals surface area contributed by atoms with Crippen LogP contribution < -0.4 is 10.4 Å². The molecule has 3 aliphatic rings. The Morgan fingerprint density at radius 1 is 1.18 bits per heavy atom. The largest absolute Gasteiger partial charge is 0.545 e. The zero-order valence-electron chi connectivity index (χ0n) is 12.5. The topological polar surface area (TPSA) is 52.2 Å². The summed E-state index contributed by atoms with van der Waals surface area (Å²) in [4.78, 5) is 11.5. The second-order valence-electron chi connectivity index (χ2n) is 6.63. The number of nitrogens with one attached hydrogen (secondary N) is 1. The van der Waals surface area contributed by atoms with Crippen LogP contribution in [0.15, 0.2) is 42.5 Å². The summed E-state index contributed by atoms with van der Waals surface area (Å²) in [5.74, 6) is 0.375. The predicted octanol–water partition coefficient (Wildman–Crippen LogP) is 2.86. The molecule has 2 aliphatic carbocycles. The van der Waals surface area contributed by atoms with Gasteiger partial charge in [-0.2, -0.15) is 0 Å². The smallest absolute Gasteiger partial charge is 0.0736 e. The third-order valence-corrected chi connectivity index (χ3v) is 5.48. The highest BCUT2D eigenvalue weighted by atomic mass is 16.4. The lowest BCUT2D eigenvalue weighted by Crippen LogP contribution is -2.42. The zero-order valence-corrected chi connectivity index (χ0v) is 12.5. The minimum Gasteiger partial charge on any atom is -0.545 e. The molecule has 3 heteroatoms. The van der Waals surface area contributed by atoms with E-state index in [-0.39, 0.29) is 0 Å². The maximum absolute atomic E-state index is 11.5. The van der Waals surface area contributed by atoms with Gasteiger partial charge in [0.1, 0.15) is 0 Å². The van der Waals surface area contributed by atoms with E-state index in [0.717, 1.165) is 30.5 Å². The standard InChI is InChI=1S/C19H21NO2/c21-19(22)16-11-5-10-15-13-8-4-9-14(13)17(20-18(15)16)12-6-2-1-3-7-12/h1-2,4-5,8,10-14,17,20H,3,6-7,9H2,(H,21,22)/p-1/t12-,13+,14-,17+/m0/s1. The number of benzene rings is 1. The number of carboxylic acid groups (broad SMARTS) is 1. The van der Waals surface area contributed by atoms with Crippen molar-refractivity contribution in [2.75, 3.05) is 5.32 Å². The van der Waals surface area contributed by atoms with Crippen LogP contribution in [0.3, 0.4) is 0 Å². The summed E-state index contributed by atoms with van der Waals surface area (Å²) in [5.41, 5.74) is 2.20. The van der Waals surface area contributed by atoms with Crippen LogP contribution in [0.4, 0.5) is 5.69 Å². The first-order chi connectivity index (χ1) is 10.8. The molecule has 4 atom stereocenters. The van der Waals surface area contributed by atoms with E-state index >= 15 is 0 Å². The maximum Gasteiger partial charge on any atom is 0.0736 e. The number of anilines is 1. The zero-order chi connectivity index (χ0) is 15.1.